The van der Waals surface area contributed by atoms with Gasteiger partial charge in [0.2, 0.25) is 0 Å². The van der Waals surface area contributed by atoms with E-state index in [2.05, 4.69) is 29.1 Å². The zero-order valence-electron chi connectivity index (χ0n) is 8.57. The van der Waals surface area contributed by atoms with Gasteiger partial charge in [-0.1, -0.05) is 13.8 Å². The third-order valence-electron chi connectivity index (χ3n) is 3.25. The Kier molecular flexibility index (Phi) is 2.15. The SMILES string of the molecule is CC1(C)C(N)CC1Nc1ccncn1. The third-order valence-corrected chi connectivity index (χ3v) is 3.25. The van der Waals surface area contributed by atoms with Crippen LogP contribution in [0.15, 0.2) is 18.6 Å². The van der Waals surface area contributed by atoms with Gasteiger partial charge in [0.25, 0.3) is 0 Å². The molecule has 76 valence electrons. The predicted octanol–water partition coefficient (Wildman–Crippen LogP) is 1.01. The maximum Gasteiger partial charge on any atom is 0.129 e. The molecule has 1 saturated carbocycles. The molecule has 4 nitrogen and oxygen atoms in total. The first-order chi connectivity index (χ1) is 6.60. The van der Waals surface area contributed by atoms with Crippen molar-refractivity contribution in [2.24, 2.45) is 11.1 Å². The van der Waals surface area contributed by atoms with Gasteiger partial charge in [-0.2, -0.15) is 0 Å². The molecule has 14 heavy (non-hydrogen) atoms. The second kappa shape index (κ2) is 3.20. The molecule has 0 saturated heterocycles. The summed E-state index contributed by atoms with van der Waals surface area (Å²) in [5.41, 5.74) is 6.09. The van der Waals surface area contributed by atoms with Crippen molar-refractivity contribution in [2.45, 2.75) is 32.4 Å². The zero-order valence-corrected chi connectivity index (χ0v) is 8.57. The summed E-state index contributed by atoms with van der Waals surface area (Å²) in [5, 5.41) is 3.37. The monoisotopic (exact) mass is 192 g/mol. The molecule has 1 aromatic heterocycles. The third kappa shape index (κ3) is 1.46. The zero-order chi connectivity index (χ0) is 10.2. The summed E-state index contributed by atoms with van der Waals surface area (Å²) in [5.74, 6) is 0.880. The van der Waals surface area contributed by atoms with E-state index in [1.165, 1.54) is 0 Å². The second-order valence-electron chi connectivity index (χ2n) is 4.46. The molecule has 1 aromatic rings. The summed E-state index contributed by atoms with van der Waals surface area (Å²) in [6.07, 6.45) is 4.30. The number of nitrogens with one attached hydrogen (secondary N) is 1. The van der Waals surface area contributed by atoms with Gasteiger partial charge >= 0.3 is 0 Å². The van der Waals surface area contributed by atoms with E-state index in [1.54, 1.807) is 12.5 Å². The molecule has 4 heteroatoms. The topological polar surface area (TPSA) is 63.8 Å². The lowest BCUT2D eigenvalue weighted by Crippen LogP contribution is -2.61. The van der Waals surface area contributed by atoms with Crippen LogP contribution >= 0.6 is 0 Å². The molecule has 0 aromatic carbocycles. The van der Waals surface area contributed by atoms with E-state index in [-0.39, 0.29) is 5.41 Å². The molecule has 1 aliphatic rings. The second-order valence-corrected chi connectivity index (χ2v) is 4.46. The van der Waals surface area contributed by atoms with Crippen LogP contribution in [0, 0.1) is 5.41 Å². The first-order valence-corrected chi connectivity index (χ1v) is 4.89. The van der Waals surface area contributed by atoms with Crippen molar-refractivity contribution < 1.29 is 0 Å². The molecule has 1 aliphatic carbocycles. The Bertz CT molecular complexity index is 309. The van der Waals surface area contributed by atoms with E-state index in [0.717, 1.165) is 12.2 Å². The number of anilines is 1. The lowest BCUT2D eigenvalue weighted by molar-refractivity contribution is 0.117. The standard InChI is InChI=1S/C10H16N4/c1-10(2)7(11)5-8(10)14-9-3-4-12-6-13-9/h3-4,6-8H,5,11H2,1-2H3,(H,12,13,14). The lowest BCUT2D eigenvalue weighted by Gasteiger charge is -2.50. The van der Waals surface area contributed by atoms with Crippen LogP contribution in [-0.2, 0) is 0 Å². The van der Waals surface area contributed by atoms with Gasteiger partial charge in [-0.3, -0.25) is 0 Å². The average Bonchev–Trinajstić information content (AvgIpc) is 2.19. The van der Waals surface area contributed by atoms with Crippen molar-refractivity contribution in [2.75, 3.05) is 5.32 Å². The molecule has 1 heterocycles. The normalized spacial score (nSPS) is 29.4. The fourth-order valence-electron chi connectivity index (χ4n) is 1.76. The molecule has 0 bridgehead atoms. The lowest BCUT2D eigenvalue weighted by atomic mass is 9.63. The van der Waals surface area contributed by atoms with Crippen molar-refractivity contribution in [1.82, 2.24) is 9.97 Å². The predicted molar refractivity (Wildman–Crippen MR) is 55.8 cm³/mol. The summed E-state index contributed by atoms with van der Waals surface area (Å²) < 4.78 is 0. The van der Waals surface area contributed by atoms with Crippen LogP contribution < -0.4 is 11.1 Å². The van der Waals surface area contributed by atoms with Crippen LogP contribution in [0.1, 0.15) is 20.3 Å². The van der Waals surface area contributed by atoms with Crippen LogP contribution in [-0.4, -0.2) is 22.1 Å². The number of nitrogens with two attached hydrogens (primary N) is 1. The van der Waals surface area contributed by atoms with Crippen molar-refractivity contribution in [3.05, 3.63) is 18.6 Å². The van der Waals surface area contributed by atoms with Gasteiger partial charge in [-0.25, -0.2) is 9.97 Å². The van der Waals surface area contributed by atoms with E-state index in [4.69, 9.17) is 5.73 Å². The van der Waals surface area contributed by atoms with Crippen LogP contribution in [0.5, 0.6) is 0 Å². The molecule has 2 unspecified atom stereocenters. The van der Waals surface area contributed by atoms with Crippen LogP contribution in [0.2, 0.25) is 0 Å². The first kappa shape index (κ1) is 9.40. The number of hydrogen-bond donors (Lipinski definition) is 2. The molecule has 2 atom stereocenters. The van der Waals surface area contributed by atoms with E-state index in [1.807, 2.05) is 6.07 Å². The first-order valence-electron chi connectivity index (χ1n) is 4.89. The van der Waals surface area contributed by atoms with Gasteiger partial charge in [0, 0.05) is 23.7 Å². The van der Waals surface area contributed by atoms with Gasteiger partial charge in [0.15, 0.2) is 0 Å². The van der Waals surface area contributed by atoms with E-state index >= 15 is 0 Å². The van der Waals surface area contributed by atoms with E-state index in [0.29, 0.717) is 12.1 Å². The Morgan fingerprint density at radius 2 is 2.36 bits per heavy atom. The molecular weight excluding hydrogens is 176 g/mol. The molecular formula is C10H16N4. The summed E-state index contributed by atoms with van der Waals surface area (Å²) in [6, 6.07) is 2.59. The molecule has 0 aliphatic heterocycles. The molecule has 0 radical (unpaired) electrons. The van der Waals surface area contributed by atoms with Crippen molar-refractivity contribution >= 4 is 5.82 Å². The Morgan fingerprint density at radius 1 is 1.57 bits per heavy atom. The number of aromatic nitrogens is 2. The molecule has 1 fully saturated rings. The number of hydrogen-bond acceptors (Lipinski definition) is 4. The average molecular weight is 192 g/mol. The summed E-state index contributed by atoms with van der Waals surface area (Å²) in [4.78, 5) is 8.00. The Hall–Kier alpha value is -1.16. The maximum atomic E-state index is 5.93. The van der Waals surface area contributed by atoms with Gasteiger partial charge in [0.05, 0.1) is 0 Å². The highest BCUT2D eigenvalue weighted by atomic mass is 15.1. The maximum absolute atomic E-state index is 5.93. The van der Waals surface area contributed by atoms with Crippen molar-refractivity contribution in [1.29, 1.82) is 0 Å². The Labute approximate surface area is 83.9 Å². The largest absolute Gasteiger partial charge is 0.367 e. The minimum atomic E-state index is 0.158. The summed E-state index contributed by atoms with van der Waals surface area (Å²) in [7, 11) is 0. The van der Waals surface area contributed by atoms with Crippen molar-refractivity contribution in [3.8, 4) is 0 Å². The summed E-state index contributed by atoms with van der Waals surface area (Å²) in [6.45, 7) is 4.36. The van der Waals surface area contributed by atoms with Gasteiger partial charge in [-0.15, -0.1) is 0 Å². The highest BCUT2D eigenvalue weighted by Gasteiger charge is 2.46. The fraction of sp³-hybridized carbons (Fsp3) is 0.600. The highest BCUT2D eigenvalue weighted by molar-refractivity contribution is 5.35. The van der Waals surface area contributed by atoms with E-state index < -0.39 is 0 Å². The number of nitrogens with zero attached hydrogens (tertiary/aromatic N) is 2. The van der Waals surface area contributed by atoms with Gasteiger partial charge in [0.1, 0.15) is 12.1 Å². The minimum Gasteiger partial charge on any atom is -0.367 e. The van der Waals surface area contributed by atoms with Crippen LogP contribution in [0.25, 0.3) is 0 Å². The van der Waals surface area contributed by atoms with Crippen LogP contribution in [0.3, 0.4) is 0 Å². The van der Waals surface area contributed by atoms with Gasteiger partial charge in [-0.05, 0) is 12.5 Å². The highest BCUT2D eigenvalue weighted by Crippen LogP contribution is 2.40. The Morgan fingerprint density at radius 3 is 2.86 bits per heavy atom. The fourth-order valence-corrected chi connectivity index (χ4v) is 1.76. The van der Waals surface area contributed by atoms with Crippen LogP contribution in [0.4, 0.5) is 5.82 Å². The summed E-state index contributed by atoms with van der Waals surface area (Å²) >= 11 is 0. The van der Waals surface area contributed by atoms with Gasteiger partial charge < -0.3 is 11.1 Å². The molecule has 0 spiro atoms. The quantitative estimate of drug-likeness (QED) is 0.734. The molecule has 3 N–H and O–H groups in total. The number of rotatable bonds is 2. The molecule has 0 amide bonds. The van der Waals surface area contributed by atoms with E-state index in [9.17, 15) is 0 Å². The van der Waals surface area contributed by atoms with Crippen molar-refractivity contribution in [3.63, 3.8) is 0 Å². The molecule has 2 rings (SSSR count). The minimum absolute atomic E-state index is 0.158. The smallest absolute Gasteiger partial charge is 0.129 e. The Balaban J connectivity index is 2.01.